The number of pyridine rings is 1. The molecule has 6 heteroatoms. The molecule has 0 spiro atoms. The maximum absolute atomic E-state index is 13.7. The molecule has 26 heavy (non-hydrogen) atoms. The first-order valence-electron chi connectivity index (χ1n) is 7.92. The van der Waals surface area contributed by atoms with E-state index in [9.17, 15) is 9.18 Å². The number of rotatable bonds is 6. The van der Waals surface area contributed by atoms with Crippen molar-refractivity contribution in [2.45, 2.75) is 6.61 Å². The SMILES string of the molecule is COc1ccc(NC(=O)c2cccc(OCc3cccnc3)c2)cc1F. The fraction of sp³-hybridized carbons (Fsp3) is 0.100. The molecule has 3 aromatic rings. The summed E-state index contributed by atoms with van der Waals surface area (Å²) in [5.41, 5.74) is 1.68. The van der Waals surface area contributed by atoms with E-state index >= 15 is 0 Å². The van der Waals surface area contributed by atoms with Gasteiger partial charge >= 0.3 is 0 Å². The number of methoxy groups -OCH3 is 1. The molecule has 5 nitrogen and oxygen atoms in total. The van der Waals surface area contributed by atoms with Crippen molar-refractivity contribution >= 4 is 11.6 Å². The molecule has 0 saturated carbocycles. The van der Waals surface area contributed by atoms with Gasteiger partial charge in [-0.3, -0.25) is 9.78 Å². The summed E-state index contributed by atoms with van der Waals surface area (Å²) in [6, 6.07) is 14.7. The highest BCUT2D eigenvalue weighted by Gasteiger charge is 2.10. The maximum Gasteiger partial charge on any atom is 0.255 e. The predicted octanol–water partition coefficient (Wildman–Crippen LogP) is 4.06. The van der Waals surface area contributed by atoms with Crippen LogP contribution in [0.15, 0.2) is 67.0 Å². The Labute approximate surface area is 150 Å². The molecule has 0 aliphatic carbocycles. The third-order valence-electron chi connectivity index (χ3n) is 3.63. The minimum absolute atomic E-state index is 0.119. The second kappa shape index (κ2) is 8.11. The Hall–Kier alpha value is -3.41. The molecule has 0 aliphatic rings. The van der Waals surface area contributed by atoms with E-state index in [-0.39, 0.29) is 11.7 Å². The largest absolute Gasteiger partial charge is 0.494 e. The Kier molecular flexibility index (Phi) is 5.43. The lowest BCUT2D eigenvalue weighted by Crippen LogP contribution is -2.12. The number of benzene rings is 2. The molecule has 0 bridgehead atoms. The molecule has 1 heterocycles. The number of ether oxygens (including phenoxy) is 2. The van der Waals surface area contributed by atoms with E-state index in [0.29, 0.717) is 23.6 Å². The Morgan fingerprint density at radius 3 is 2.77 bits per heavy atom. The van der Waals surface area contributed by atoms with Crippen molar-refractivity contribution in [1.29, 1.82) is 0 Å². The predicted molar refractivity (Wildman–Crippen MR) is 95.9 cm³/mol. The number of nitrogens with one attached hydrogen (secondary N) is 1. The minimum Gasteiger partial charge on any atom is -0.494 e. The van der Waals surface area contributed by atoms with Crippen LogP contribution in [0.25, 0.3) is 0 Å². The van der Waals surface area contributed by atoms with Gasteiger partial charge in [0.05, 0.1) is 7.11 Å². The van der Waals surface area contributed by atoms with Crippen LogP contribution in [0.5, 0.6) is 11.5 Å². The summed E-state index contributed by atoms with van der Waals surface area (Å²) < 4.78 is 24.3. The van der Waals surface area contributed by atoms with Crippen molar-refractivity contribution in [2.75, 3.05) is 12.4 Å². The molecule has 132 valence electrons. The molecular formula is C20H17FN2O3. The zero-order chi connectivity index (χ0) is 18.4. The van der Waals surface area contributed by atoms with Crippen LogP contribution < -0.4 is 14.8 Å². The molecule has 0 radical (unpaired) electrons. The van der Waals surface area contributed by atoms with Gasteiger partial charge < -0.3 is 14.8 Å². The van der Waals surface area contributed by atoms with Crippen molar-refractivity contribution in [1.82, 2.24) is 4.98 Å². The number of hydrogen-bond acceptors (Lipinski definition) is 4. The lowest BCUT2D eigenvalue weighted by Gasteiger charge is -2.09. The topological polar surface area (TPSA) is 60.5 Å². The highest BCUT2D eigenvalue weighted by Crippen LogP contribution is 2.22. The average Bonchev–Trinajstić information content (AvgIpc) is 2.67. The molecular weight excluding hydrogens is 335 g/mol. The molecule has 1 amide bonds. The van der Waals surface area contributed by atoms with Crippen LogP contribution in [0.3, 0.4) is 0 Å². The van der Waals surface area contributed by atoms with Crippen molar-refractivity contribution in [3.05, 3.63) is 83.9 Å². The van der Waals surface area contributed by atoms with Crippen LogP contribution in [0.4, 0.5) is 10.1 Å². The number of hydrogen-bond donors (Lipinski definition) is 1. The summed E-state index contributed by atoms with van der Waals surface area (Å²) in [5, 5.41) is 2.65. The number of nitrogens with zero attached hydrogens (tertiary/aromatic N) is 1. The van der Waals surface area contributed by atoms with Gasteiger partial charge in [0.1, 0.15) is 12.4 Å². The van der Waals surface area contributed by atoms with Crippen molar-refractivity contribution in [3.8, 4) is 11.5 Å². The van der Waals surface area contributed by atoms with Gasteiger partial charge in [-0.05, 0) is 36.4 Å². The minimum atomic E-state index is -0.543. The van der Waals surface area contributed by atoms with Crippen LogP contribution >= 0.6 is 0 Å². The molecule has 1 aromatic heterocycles. The number of halogens is 1. The van der Waals surface area contributed by atoms with Gasteiger partial charge in [0.2, 0.25) is 0 Å². The van der Waals surface area contributed by atoms with E-state index in [1.165, 1.54) is 19.2 Å². The average molecular weight is 352 g/mol. The fourth-order valence-corrected chi connectivity index (χ4v) is 2.32. The molecule has 0 aliphatic heterocycles. The Morgan fingerprint density at radius 1 is 1.15 bits per heavy atom. The van der Waals surface area contributed by atoms with Gasteiger partial charge in [-0.25, -0.2) is 4.39 Å². The van der Waals surface area contributed by atoms with Crippen LogP contribution in [0.2, 0.25) is 0 Å². The van der Waals surface area contributed by atoms with E-state index in [0.717, 1.165) is 5.56 Å². The van der Waals surface area contributed by atoms with Gasteiger partial charge in [-0.2, -0.15) is 0 Å². The van der Waals surface area contributed by atoms with E-state index in [4.69, 9.17) is 9.47 Å². The highest BCUT2D eigenvalue weighted by atomic mass is 19.1. The summed E-state index contributed by atoms with van der Waals surface area (Å²) in [7, 11) is 1.38. The lowest BCUT2D eigenvalue weighted by atomic mass is 10.2. The lowest BCUT2D eigenvalue weighted by molar-refractivity contribution is 0.102. The Morgan fingerprint density at radius 2 is 2.04 bits per heavy atom. The van der Waals surface area contributed by atoms with Gasteiger partial charge in [0.15, 0.2) is 11.6 Å². The number of aromatic nitrogens is 1. The van der Waals surface area contributed by atoms with Crippen LogP contribution in [-0.2, 0) is 6.61 Å². The summed E-state index contributed by atoms with van der Waals surface area (Å²) in [6.45, 7) is 0.350. The second-order valence-corrected chi connectivity index (χ2v) is 5.48. The molecule has 0 unspecified atom stereocenters. The molecule has 3 rings (SSSR count). The van der Waals surface area contributed by atoms with Crippen molar-refractivity contribution in [3.63, 3.8) is 0 Å². The molecule has 0 atom stereocenters. The first kappa shape index (κ1) is 17.4. The number of amides is 1. The normalized spacial score (nSPS) is 10.2. The first-order chi connectivity index (χ1) is 12.7. The molecule has 2 aromatic carbocycles. The zero-order valence-corrected chi connectivity index (χ0v) is 14.1. The van der Waals surface area contributed by atoms with Gasteiger partial charge in [-0.15, -0.1) is 0 Å². The van der Waals surface area contributed by atoms with E-state index in [1.54, 1.807) is 42.7 Å². The number of anilines is 1. The fourth-order valence-electron chi connectivity index (χ4n) is 2.32. The molecule has 0 fully saturated rings. The summed E-state index contributed by atoms with van der Waals surface area (Å²) >= 11 is 0. The Balaban J connectivity index is 1.67. The smallest absolute Gasteiger partial charge is 0.255 e. The van der Waals surface area contributed by atoms with Crippen LogP contribution in [-0.4, -0.2) is 18.0 Å². The number of carbonyl (C=O) groups excluding carboxylic acids is 1. The van der Waals surface area contributed by atoms with Crippen LogP contribution in [0, 0.1) is 5.82 Å². The van der Waals surface area contributed by atoms with Gasteiger partial charge in [0, 0.05) is 35.3 Å². The monoisotopic (exact) mass is 352 g/mol. The van der Waals surface area contributed by atoms with Gasteiger partial charge in [0.25, 0.3) is 5.91 Å². The van der Waals surface area contributed by atoms with E-state index in [2.05, 4.69) is 10.3 Å². The van der Waals surface area contributed by atoms with Crippen molar-refractivity contribution in [2.24, 2.45) is 0 Å². The second-order valence-electron chi connectivity index (χ2n) is 5.48. The summed E-state index contributed by atoms with van der Waals surface area (Å²) in [6.07, 6.45) is 3.41. The first-order valence-corrected chi connectivity index (χ1v) is 7.92. The van der Waals surface area contributed by atoms with Crippen LogP contribution in [0.1, 0.15) is 15.9 Å². The van der Waals surface area contributed by atoms with Gasteiger partial charge in [-0.1, -0.05) is 12.1 Å². The maximum atomic E-state index is 13.7. The standard InChI is InChI=1S/C20H17FN2O3/c1-25-19-8-7-16(11-18(19)21)23-20(24)15-5-2-6-17(10-15)26-13-14-4-3-9-22-12-14/h2-12H,13H2,1H3,(H,23,24). The van der Waals surface area contributed by atoms with E-state index < -0.39 is 5.82 Å². The van der Waals surface area contributed by atoms with Crippen molar-refractivity contribution < 1.29 is 18.7 Å². The van der Waals surface area contributed by atoms with E-state index in [1.807, 2.05) is 12.1 Å². The third kappa shape index (κ3) is 4.36. The molecule has 0 saturated heterocycles. The quantitative estimate of drug-likeness (QED) is 0.727. The summed E-state index contributed by atoms with van der Waals surface area (Å²) in [5.74, 6) is -0.225. The highest BCUT2D eigenvalue weighted by molar-refractivity contribution is 6.04. The summed E-state index contributed by atoms with van der Waals surface area (Å²) in [4.78, 5) is 16.4. The number of carbonyl (C=O) groups is 1. The zero-order valence-electron chi connectivity index (χ0n) is 14.1. The Bertz CT molecular complexity index is 901. The third-order valence-corrected chi connectivity index (χ3v) is 3.63. The molecule has 1 N–H and O–H groups in total.